The van der Waals surface area contributed by atoms with E-state index in [1.807, 2.05) is 18.2 Å². The highest BCUT2D eigenvalue weighted by atomic mass is 35.5. The number of morpholine rings is 1. The molecule has 7 heteroatoms. The van der Waals surface area contributed by atoms with E-state index in [9.17, 15) is 9.59 Å². The van der Waals surface area contributed by atoms with Crippen LogP contribution in [0.15, 0.2) is 63.8 Å². The SMILES string of the molecule is Cl.O=C(NCCC1COCCN1)c1cccc(-c2cc3ccccc3oc2=O)c1. The van der Waals surface area contributed by atoms with Gasteiger partial charge in [0.2, 0.25) is 0 Å². The second kappa shape index (κ2) is 9.69. The smallest absolute Gasteiger partial charge is 0.344 e. The lowest BCUT2D eigenvalue weighted by atomic mass is 10.0. The minimum absolute atomic E-state index is 0. The van der Waals surface area contributed by atoms with Crippen molar-refractivity contribution in [2.75, 3.05) is 26.3 Å². The number of rotatable bonds is 5. The maximum Gasteiger partial charge on any atom is 0.344 e. The van der Waals surface area contributed by atoms with Crippen molar-refractivity contribution in [3.63, 3.8) is 0 Å². The highest BCUT2D eigenvalue weighted by Crippen LogP contribution is 2.22. The fourth-order valence-corrected chi connectivity index (χ4v) is 3.36. The maximum absolute atomic E-state index is 12.5. The zero-order valence-corrected chi connectivity index (χ0v) is 16.7. The lowest BCUT2D eigenvalue weighted by molar-refractivity contribution is 0.0733. The molecule has 1 aromatic heterocycles. The molecule has 1 aliphatic rings. The van der Waals surface area contributed by atoms with Gasteiger partial charge in [-0.05, 0) is 36.2 Å². The Morgan fingerprint density at radius 3 is 2.83 bits per heavy atom. The van der Waals surface area contributed by atoms with E-state index in [2.05, 4.69) is 10.6 Å². The molecule has 0 aliphatic carbocycles. The number of para-hydroxylation sites is 1. The van der Waals surface area contributed by atoms with E-state index < -0.39 is 5.63 Å². The van der Waals surface area contributed by atoms with Crippen LogP contribution in [0.5, 0.6) is 0 Å². The summed E-state index contributed by atoms with van der Waals surface area (Å²) in [6.07, 6.45) is 0.805. The van der Waals surface area contributed by atoms with Crippen molar-refractivity contribution in [2.24, 2.45) is 0 Å². The normalized spacial score (nSPS) is 16.2. The molecule has 0 radical (unpaired) electrons. The van der Waals surface area contributed by atoms with Crippen LogP contribution < -0.4 is 16.3 Å². The van der Waals surface area contributed by atoms with Gasteiger partial charge in [0.25, 0.3) is 5.91 Å². The van der Waals surface area contributed by atoms with Crippen molar-refractivity contribution in [1.82, 2.24) is 10.6 Å². The van der Waals surface area contributed by atoms with Crippen LogP contribution in [0.2, 0.25) is 0 Å². The first-order chi connectivity index (χ1) is 13.7. The largest absolute Gasteiger partial charge is 0.422 e. The Kier molecular flexibility index (Phi) is 7.04. The summed E-state index contributed by atoms with van der Waals surface area (Å²) < 4.78 is 10.8. The molecule has 1 amide bonds. The van der Waals surface area contributed by atoms with E-state index in [-0.39, 0.29) is 24.4 Å². The molecule has 2 heterocycles. The van der Waals surface area contributed by atoms with Gasteiger partial charge < -0.3 is 19.8 Å². The van der Waals surface area contributed by atoms with Gasteiger partial charge in [0, 0.05) is 30.1 Å². The number of hydrogen-bond donors (Lipinski definition) is 2. The van der Waals surface area contributed by atoms with Crippen molar-refractivity contribution in [1.29, 1.82) is 0 Å². The molecule has 0 spiro atoms. The van der Waals surface area contributed by atoms with Gasteiger partial charge in [-0.2, -0.15) is 0 Å². The Balaban J connectivity index is 0.00000240. The molecule has 0 saturated carbocycles. The van der Waals surface area contributed by atoms with E-state index in [0.29, 0.717) is 35.4 Å². The minimum Gasteiger partial charge on any atom is -0.422 e. The van der Waals surface area contributed by atoms with Gasteiger partial charge in [0.05, 0.1) is 18.8 Å². The number of carbonyl (C=O) groups is 1. The Morgan fingerprint density at radius 2 is 2.00 bits per heavy atom. The highest BCUT2D eigenvalue weighted by Gasteiger charge is 2.14. The Hall–Kier alpha value is -2.67. The monoisotopic (exact) mass is 414 g/mol. The number of carbonyl (C=O) groups excluding carboxylic acids is 1. The van der Waals surface area contributed by atoms with Gasteiger partial charge in [0.15, 0.2) is 0 Å². The number of benzene rings is 2. The van der Waals surface area contributed by atoms with Crippen LogP contribution in [0.4, 0.5) is 0 Å². The van der Waals surface area contributed by atoms with Crippen molar-refractivity contribution >= 4 is 29.3 Å². The molecule has 1 atom stereocenters. The van der Waals surface area contributed by atoms with Crippen molar-refractivity contribution in [2.45, 2.75) is 12.5 Å². The number of nitrogens with one attached hydrogen (secondary N) is 2. The van der Waals surface area contributed by atoms with Crippen LogP contribution in [0, 0.1) is 0 Å². The Labute approximate surface area is 174 Å². The topological polar surface area (TPSA) is 80.6 Å². The molecule has 0 bridgehead atoms. The molecule has 1 unspecified atom stereocenters. The minimum atomic E-state index is -0.417. The van der Waals surface area contributed by atoms with Gasteiger partial charge in [-0.15, -0.1) is 12.4 Å². The number of fused-ring (bicyclic) bond motifs is 1. The molecule has 2 aromatic carbocycles. The molecular formula is C22H23ClN2O4. The van der Waals surface area contributed by atoms with Crippen LogP contribution in [-0.2, 0) is 4.74 Å². The molecule has 1 saturated heterocycles. The second-order valence-electron chi connectivity index (χ2n) is 6.84. The predicted molar refractivity (Wildman–Crippen MR) is 115 cm³/mol. The Bertz CT molecular complexity index is 1040. The predicted octanol–water partition coefficient (Wildman–Crippen LogP) is 2.99. The summed E-state index contributed by atoms with van der Waals surface area (Å²) >= 11 is 0. The van der Waals surface area contributed by atoms with Gasteiger partial charge in [-0.1, -0.05) is 30.3 Å². The molecule has 152 valence electrons. The summed E-state index contributed by atoms with van der Waals surface area (Å²) in [5, 5.41) is 7.14. The summed E-state index contributed by atoms with van der Waals surface area (Å²) in [5.41, 5.74) is 1.74. The summed E-state index contributed by atoms with van der Waals surface area (Å²) in [4.78, 5) is 24.9. The van der Waals surface area contributed by atoms with E-state index in [1.165, 1.54) is 0 Å². The number of hydrogen-bond acceptors (Lipinski definition) is 5. The van der Waals surface area contributed by atoms with Crippen LogP contribution >= 0.6 is 12.4 Å². The summed E-state index contributed by atoms with van der Waals surface area (Å²) in [6.45, 7) is 2.80. The summed E-state index contributed by atoms with van der Waals surface area (Å²) in [7, 11) is 0. The van der Waals surface area contributed by atoms with Gasteiger partial charge in [0.1, 0.15) is 5.58 Å². The third kappa shape index (κ3) is 5.03. The average molecular weight is 415 g/mol. The van der Waals surface area contributed by atoms with Crippen LogP contribution in [0.25, 0.3) is 22.1 Å². The third-order valence-corrected chi connectivity index (χ3v) is 4.85. The quantitative estimate of drug-likeness (QED) is 0.627. The average Bonchev–Trinajstić information content (AvgIpc) is 2.74. The molecule has 6 nitrogen and oxygen atoms in total. The summed E-state index contributed by atoms with van der Waals surface area (Å²) in [6, 6.07) is 16.5. The molecule has 3 aromatic rings. The highest BCUT2D eigenvalue weighted by molar-refractivity contribution is 5.95. The van der Waals surface area contributed by atoms with Crippen molar-refractivity contribution in [3.8, 4) is 11.1 Å². The van der Waals surface area contributed by atoms with Gasteiger partial charge in [-0.25, -0.2) is 4.79 Å². The third-order valence-electron chi connectivity index (χ3n) is 4.85. The van der Waals surface area contributed by atoms with Gasteiger partial charge >= 0.3 is 5.63 Å². The summed E-state index contributed by atoms with van der Waals surface area (Å²) in [5.74, 6) is -0.163. The number of halogens is 1. The molecule has 1 fully saturated rings. The lowest BCUT2D eigenvalue weighted by Gasteiger charge is -2.23. The zero-order valence-electron chi connectivity index (χ0n) is 15.9. The standard InChI is InChI=1S/C22H22N2O4.ClH/c25-21(24-9-8-18-14-27-11-10-23-18)17-6-3-5-15(12-17)19-13-16-4-1-2-7-20(16)28-22(19)26;/h1-7,12-13,18,23H,8-11,14H2,(H,24,25);1H. The molecule has 1 aliphatic heterocycles. The number of amides is 1. The zero-order chi connectivity index (χ0) is 19.3. The van der Waals surface area contributed by atoms with E-state index in [0.717, 1.165) is 25.0 Å². The van der Waals surface area contributed by atoms with Crippen molar-refractivity contribution in [3.05, 3.63) is 70.6 Å². The first kappa shape index (κ1) is 21.0. The lowest BCUT2D eigenvalue weighted by Crippen LogP contribution is -2.43. The molecular weight excluding hydrogens is 392 g/mol. The van der Waals surface area contributed by atoms with E-state index >= 15 is 0 Å². The van der Waals surface area contributed by atoms with E-state index in [4.69, 9.17) is 9.15 Å². The second-order valence-corrected chi connectivity index (χ2v) is 6.84. The first-order valence-corrected chi connectivity index (χ1v) is 9.43. The van der Waals surface area contributed by atoms with Crippen LogP contribution in [0.1, 0.15) is 16.8 Å². The number of ether oxygens (including phenoxy) is 1. The Morgan fingerprint density at radius 1 is 1.14 bits per heavy atom. The fraction of sp³-hybridized carbons (Fsp3) is 0.273. The molecule has 4 rings (SSSR count). The van der Waals surface area contributed by atoms with Crippen LogP contribution in [-0.4, -0.2) is 38.3 Å². The maximum atomic E-state index is 12.5. The molecule has 29 heavy (non-hydrogen) atoms. The fourth-order valence-electron chi connectivity index (χ4n) is 3.36. The van der Waals surface area contributed by atoms with Crippen LogP contribution in [0.3, 0.4) is 0 Å². The molecule has 2 N–H and O–H groups in total. The first-order valence-electron chi connectivity index (χ1n) is 9.43. The van der Waals surface area contributed by atoms with Gasteiger partial charge in [-0.3, -0.25) is 4.79 Å². The van der Waals surface area contributed by atoms with E-state index in [1.54, 1.807) is 36.4 Å². The van der Waals surface area contributed by atoms with Crippen molar-refractivity contribution < 1.29 is 13.9 Å².